The molecule has 132 valence electrons. The summed E-state index contributed by atoms with van der Waals surface area (Å²) < 4.78 is 0. The highest BCUT2D eigenvalue weighted by Crippen LogP contribution is 2.64. The van der Waals surface area contributed by atoms with E-state index in [-0.39, 0.29) is 10.5 Å². The van der Waals surface area contributed by atoms with Gasteiger partial charge in [0.1, 0.15) is 0 Å². The third-order valence-corrected chi connectivity index (χ3v) is 8.34. The first-order chi connectivity index (χ1) is 11.4. The fraction of sp³-hybridized carbons (Fsp3) is 0.800. The minimum absolute atomic E-state index is 0.257. The summed E-state index contributed by atoms with van der Waals surface area (Å²) in [5, 5.41) is 4.89. The second-order valence-electron chi connectivity index (χ2n) is 9.10. The minimum atomic E-state index is 0.257. The molecule has 0 saturated heterocycles. The molecule has 0 spiro atoms. The van der Waals surface area contributed by atoms with E-state index in [0.717, 1.165) is 30.1 Å². The lowest BCUT2D eigenvalue weighted by atomic mass is 9.46. The van der Waals surface area contributed by atoms with Gasteiger partial charge in [-0.2, -0.15) is 5.10 Å². The van der Waals surface area contributed by atoms with Crippen LogP contribution in [0.3, 0.4) is 0 Å². The highest BCUT2D eigenvalue weighted by Gasteiger charge is 2.58. The summed E-state index contributed by atoms with van der Waals surface area (Å²) in [7, 11) is 0. The number of hydrogen-bond acceptors (Lipinski definition) is 2. The fourth-order valence-corrected chi connectivity index (χ4v) is 6.98. The van der Waals surface area contributed by atoms with Crippen LogP contribution in [0, 0.1) is 34.5 Å². The summed E-state index contributed by atoms with van der Waals surface area (Å²) in [4.78, 5) is 0. The Bertz CT molecular complexity index is 598. The van der Waals surface area contributed by atoms with Crippen molar-refractivity contribution in [2.45, 2.75) is 65.2 Å². The molecule has 3 fully saturated rings. The molecule has 3 saturated carbocycles. The van der Waals surface area contributed by atoms with E-state index < -0.39 is 0 Å². The standard InChI is InChI=1S/C20H31N3S/c1-19-11-4-3-5-13(19)6-7-14-15-8-9-17(22-23-18(21)24)20(15,2)12-10-16(14)19/h3-4,13-16H,5-12H2,1-2H3,(H3,21,23,24)/b22-17+/t13-,14-,15+,16-,19+,20+/m1/s1. The van der Waals surface area contributed by atoms with Crippen LogP contribution in [0.15, 0.2) is 17.3 Å². The van der Waals surface area contributed by atoms with Gasteiger partial charge in [0.25, 0.3) is 0 Å². The van der Waals surface area contributed by atoms with Crippen molar-refractivity contribution in [3.05, 3.63) is 12.2 Å². The molecule has 4 aliphatic carbocycles. The van der Waals surface area contributed by atoms with Crippen LogP contribution in [0.5, 0.6) is 0 Å². The largest absolute Gasteiger partial charge is 0.375 e. The molecule has 4 rings (SSSR count). The van der Waals surface area contributed by atoms with Crippen LogP contribution >= 0.6 is 12.2 Å². The van der Waals surface area contributed by atoms with Crippen LogP contribution in [0.2, 0.25) is 0 Å². The van der Waals surface area contributed by atoms with E-state index >= 15 is 0 Å². The van der Waals surface area contributed by atoms with E-state index in [2.05, 4.69) is 36.5 Å². The third-order valence-electron chi connectivity index (χ3n) is 8.25. The van der Waals surface area contributed by atoms with Gasteiger partial charge < -0.3 is 5.73 Å². The quantitative estimate of drug-likeness (QED) is 0.421. The van der Waals surface area contributed by atoms with E-state index in [1.54, 1.807) is 0 Å². The van der Waals surface area contributed by atoms with Gasteiger partial charge in [-0.15, -0.1) is 0 Å². The molecule has 24 heavy (non-hydrogen) atoms. The van der Waals surface area contributed by atoms with Crippen molar-refractivity contribution in [2.24, 2.45) is 45.3 Å². The fourth-order valence-electron chi connectivity index (χ4n) is 6.93. The van der Waals surface area contributed by atoms with Crippen LogP contribution in [0.25, 0.3) is 0 Å². The van der Waals surface area contributed by atoms with E-state index in [1.807, 2.05) is 0 Å². The first kappa shape index (κ1) is 16.6. The lowest BCUT2D eigenvalue weighted by Gasteiger charge is -2.59. The Morgan fingerprint density at radius 3 is 2.83 bits per heavy atom. The molecule has 0 radical (unpaired) electrons. The van der Waals surface area contributed by atoms with E-state index in [1.165, 1.54) is 50.7 Å². The molecule has 3 N–H and O–H groups in total. The summed E-state index contributed by atoms with van der Waals surface area (Å²) in [5.41, 5.74) is 10.6. The SMILES string of the molecule is C[C@]12CC=CC[C@@H]1CC[C@H]1[C@H]2CC[C@]2(C)/C(=N/NC(N)=S)CC[C@@H]12. The zero-order valence-corrected chi connectivity index (χ0v) is 15.9. The second kappa shape index (κ2) is 5.82. The predicted molar refractivity (Wildman–Crippen MR) is 104 cm³/mol. The Hall–Kier alpha value is -0.900. The smallest absolute Gasteiger partial charge is 0.184 e. The van der Waals surface area contributed by atoms with Crippen molar-refractivity contribution in [3.8, 4) is 0 Å². The molecule has 0 aliphatic heterocycles. The third kappa shape index (κ3) is 2.36. The van der Waals surface area contributed by atoms with Gasteiger partial charge in [-0.25, -0.2) is 0 Å². The molecule has 0 heterocycles. The zero-order chi connectivity index (χ0) is 16.9. The van der Waals surface area contributed by atoms with Crippen molar-refractivity contribution in [1.82, 2.24) is 5.43 Å². The molecule has 0 unspecified atom stereocenters. The van der Waals surface area contributed by atoms with Gasteiger partial charge in [0.05, 0.1) is 0 Å². The zero-order valence-electron chi connectivity index (χ0n) is 15.1. The Morgan fingerprint density at radius 2 is 2.04 bits per heavy atom. The normalized spacial score (nSPS) is 48.5. The molecule has 4 heteroatoms. The average Bonchev–Trinajstić information content (AvgIpc) is 2.89. The van der Waals surface area contributed by atoms with E-state index in [0.29, 0.717) is 5.41 Å². The summed E-state index contributed by atoms with van der Waals surface area (Å²) in [6, 6.07) is 0. The van der Waals surface area contributed by atoms with Crippen LogP contribution < -0.4 is 11.2 Å². The molecule has 4 aliphatic rings. The van der Waals surface area contributed by atoms with Crippen LogP contribution in [-0.2, 0) is 0 Å². The molecular formula is C20H31N3S. The maximum atomic E-state index is 5.59. The summed E-state index contributed by atoms with van der Waals surface area (Å²) in [6.45, 7) is 5.05. The molecule has 0 aromatic rings. The number of hydrogen-bond donors (Lipinski definition) is 2. The first-order valence-corrected chi connectivity index (χ1v) is 10.1. The van der Waals surface area contributed by atoms with E-state index in [4.69, 9.17) is 18.0 Å². The molecule has 3 nitrogen and oxygen atoms in total. The van der Waals surface area contributed by atoms with Gasteiger partial charge in [-0.1, -0.05) is 26.0 Å². The van der Waals surface area contributed by atoms with Gasteiger partial charge in [0, 0.05) is 11.1 Å². The van der Waals surface area contributed by atoms with Gasteiger partial charge in [0.15, 0.2) is 5.11 Å². The molecular weight excluding hydrogens is 314 g/mol. The Balaban J connectivity index is 1.60. The van der Waals surface area contributed by atoms with Crippen LogP contribution in [0.4, 0.5) is 0 Å². The van der Waals surface area contributed by atoms with Gasteiger partial charge in [-0.3, -0.25) is 5.43 Å². The number of hydrazone groups is 1. The molecule has 0 aromatic heterocycles. The molecule has 0 amide bonds. The highest BCUT2D eigenvalue weighted by molar-refractivity contribution is 7.80. The Labute approximate surface area is 151 Å². The minimum Gasteiger partial charge on any atom is -0.375 e. The second-order valence-corrected chi connectivity index (χ2v) is 9.54. The van der Waals surface area contributed by atoms with Crippen LogP contribution in [-0.4, -0.2) is 10.8 Å². The maximum Gasteiger partial charge on any atom is 0.184 e. The Morgan fingerprint density at radius 1 is 1.21 bits per heavy atom. The summed E-state index contributed by atoms with van der Waals surface area (Å²) in [5.74, 6) is 3.50. The van der Waals surface area contributed by atoms with Gasteiger partial charge in [-0.05, 0) is 92.7 Å². The lowest BCUT2D eigenvalue weighted by molar-refractivity contribution is -0.0761. The van der Waals surface area contributed by atoms with E-state index in [9.17, 15) is 0 Å². The number of rotatable bonds is 1. The van der Waals surface area contributed by atoms with Crippen LogP contribution in [0.1, 0.15) is 65.2 Å². The predicted octanol–water partition coefficient (Wildman–Crippen LogP) is 4.38. The van der Waals surface area contributed by atoms with Crippen molar-refractivity contribution < 1.29 is 0 Å². The molecule has 0 aromatic carbocycles. The number of fused-ring (bicyclic) bond motifs is 5. The van der Waals surface area contributed by atoms with Crippen molar-refractivity contribution >= 4 is 23.0 Å². The van der Waals surface area contributed by atoms with Crippen molar-refractivity contribution in [1.29, 1.82) is 0 Å². The van der Waals surface area contributed by atoms with Crippen molar-refractivity contribution in [3.63, 3.8) is 0 Å². The van der Waals surface area contributed by atoms with Gasteiger partial charge in [0.2, 0.25) is 0 Å². The number of thiocarbonyl (C=S) groups is 1. The monoisotopic (exact) mass is 345 g/mol. The molecule has 0 bridgehead atoms. The Kier molecular flexibility index (Phi) is 4.02. The number of nitrogens with two attached hydrogens (primary N) is 1. The summed E-state index contributed by atoms with van der Waals surface area (Å²) >= 11 is 4.94. The lowest BCUT2D eigenvalue weighted by Crippen LogP contribution is -2.52. The highest BCUT2D eigenvalue weighted by atomic mass is 32.1. The number of allylic oxidation sites excluding steroid dienone is 2. The number of nitrogens with one attached hydrogen (secondary N) is 1. The van der Waals surface area contributed by atoms with Crippen molar-refractivity contribution in [2.75, 3.05) is 0 Å². The summed E-state index contributed by atoms with van der Waals surface area (Å²) in [6.07, 6.45) is 15.4. The number of nitrogens with zero attached hydrogens (tertiary/aromatic N) is 1. The first-order valence-electron chi connectivity index (χ1n) is 9.72. The topological polar surface area (TPSA) is 50.4 Å². The maximum absolute atomic E-state index is 5.59. The average molecular weight is 346 g/mol. The molecule has 6 atom stereocenters. The van der Waals surface area contributed by atoms with Gasteiger partial charge >= 0.3 is 0 Å².